The Morgan fingerprint density at radius 1 is 1.17 bits per heavy atom. The number of ether oxygens (including phenoxy) is 3. The molecule has 3 aromatic rings. The maximum atomic E-state index is 12.7. The Labute approximate surface area is 221 Å². The fourth-order valence-corrected chi connectivity index (χ4v) is 3.96. The molecule has 0 bridgehead atoms. The smallest absolute Gasteiger partial charge is 0.269 e. The summed E-state index contributed by atoms with van der Waals surface area (Å²) in [5.41, 5.74) is 1.62. The van der Waals surface area contributed by atoms with Crippen molar-refractivity contribution < 1.29 is 23.9 Å². The molecule has 0 saturated heterocycles. The minimum atomic E-state index is -0.554. The lowest BCUT2D eigenvalue weighted by Gasteiger charge is -2.15. The summed E-state index contributed by atoms with van der Waals surface area (Å²) in [7, 11) is 1.55. The first-order chi connectivity index (χ1) is 17.3. The number of benzene rings is 3. The highest BCUT2D eigenvalue weighted by Gasteiger charge is 2.15. The zero-order chi connectivity index (χ0) is 26.1. The van der Waals surface area contributed by atoms with Gasteiger partial charge in [-0.2, -0.15) is 5.26 Å². The Kier molecular flexibility index (Phi) is 9.24. The average Bonchev–Trinajstić information content (AvgIpc) is 2.87. The molecule has 0 aliphatic rings. The number of nitriles is 1. The number of nitro groups is 1. The standard InChI is InChI=1S/C26H22IN3O6/c1-3-35-24-14-18(11-19(15-28)26(31)29-20-7-9-22(34-2)10-8-20)13-23(27)25(24)36-16-17-5-4-6-21(12-17)30(32)33/h4-14H,3,16H2,1-2H3,(H,29,31)/b19-11+. The van der Waals surface area contributed by atoms with E-state index in [2.05, 4.69) is 27.9 Å². The van der Waals surface area contributed by atoms with E-state index in [1.54, 1.807) is 55.6 Å². The van der Waals surface area contributed by atoms with Gasteiger partial charge in [-0.3, -0.25) is 14.9 Å². The molecule has 3 rings (SSSR count). The van der Waals surface area contributed by atoms with Gasteiger partial charge in [0, 0.05) is 17.8 Å². The van der Waals surface area contributed by atoms with Crippen molar-refractivity contribution in [2.75, 3.05) is 19.0 Å². The fourth-order valence-electron chi connectivity index (χ4n) is 3.18. The van der Waals surface area contributed by atoms with Crippen molar-refractivity contribution in [1.82, 2.24) is 0 Å². The molecule has 1 N–H and O–H groups in total. The van der Waals surface area contributed by atoms with Crippen molar-refractivity contribution in [3.63, 3.8) is 0 Å². The first-order valence-corrected chi connectivity index (χ1v) is 11.8. The zero-order valence-electron chi connectivity index (χ0n) is 19.5. The number of hydrogen-bond acceptors (Lipinski definition) is 7. The van der Waals surface area contributed by atoms with Gasteiger partial charge in [0.05, 0.1) is 22.2 Å². The van der Waals surface area contributed by atoms with Gasteiger partial charge in [0.2, 0.25) is 0 Å². The van der Waals surface area contributed by atoms with Gasteiger partial charge in [-0.05, 0) is 83.1 Å². The third-order valence-corrected chi connectivity index (χ3v) is 5.66. The van der Waals surface area contributed by atoms with Crippen LogP contribution >= 0.6 is 22.6 Å². The highest BCUT2D eigenvalue weighted by atomic mass is 127. The van der Waals surface area contributed by atoms with Crippen LogP contribution in [0.2, 0.25) is 0 Å². The van der Waals surface area contributed by atoms with Crippen molar-refractivity contribution in [3.8, 4) is 23.3 Å². The van der Waals surface area contributed by atoms with Crippen LogP contribution in [0.15, 0.2) is 66.2 Å². The van der Waals surface area contributed by atoms with Crippen LogP contribution in [-0.2, 0) is 11.4 Å². The number of nitro benzene ring substituents is 1. The maximum absolute atomic E-state index is 12.7. The second kappa shape index (κ2) is 12.6. The number of non-ortho nitro benzene ring substituents is 1. The van der Waals surface area contributed by atoms with Gasteiger partial charge in [0.1, 0.15) is 24.0 Å². The Balaban J connectivity index is 1.82. The van der Waals surface area contributed by atoms with E-state index in [0.717, 1.165) is 0 Å². The van der Waals surface area contributed by atoms with E-state index in [1.807, 2.05) is 13.0 Å². The van der Waals surface area contributed by atoms with Crippen LogP contribution in [0.5, 0.6) is 17.2 Å². The molecule has 0 heterocycles. The number of methoxy groups -OCH3 is 1. The van der Waals surface area contributed by atoms with Crippen molar-refractivity contribution in [2.45, 2.75) is 13.5 Å². The predicted molar refractivity (Wildman–Crippen MR) is 143 cm³/mol. The van der Waals surface area contributed by atoms with Crippen LogP contribution in [0.4, 0.5) is 11.4 Å². The summed E-state index contributed by atoms with van der Waals surface area (Å²) < 4.78 is 17.5. The lowest BCUT2D eigenvalue weighted by molar-refractivity contribution is -0.384. The first-order valence-electron chi connectivity index (χ1n) is 10.7. The Morgan fingerprint density at radius 3 is 2.56 bits per heavy atom. The molecule has 0 spiro atoms. The van der Waals surface area contributed by atoms with E-state index in [0.29, 0.717) is 44.2 Å². The molecule has 0 aliphatic carbocycles. The number of halogens is 1. The van der Waals surface area contributed by atoms with E-state index in [4.69, 9.17) is 14.2 Å². The van der Waals surface area contributed by atoms with Crippen LogP contribution in [0.25, 0.3) is 6.08 Å². The number of nitrogens with zero attached hydrogens (tertiary/aromatic N) is 2. The third-order valence-electron chi connectivity index (χ3n) is 4.86. The van der Waals surface area contributed by atoms with Crippen LogP contribution in [0.3, 0.4) is 0 Å². The monoisotopic (exact) mass is 599 g/mol. The van der Waals surface area contributed by atoms with Gasteiger partial charge in [-0.15, -0.1) is 0 Å². The van der Waals surface area contributed by atoms with Crippen LogP contribution in [-0.4, -0.2) is 24.5 Å². The minimum absolute atomic E-state index is 0.0201. The number of anilines is 1. The van der Waals surface area contributed by atoms with Crippen LogP contribution < -0.4 is 19.5 Å². The van der Waals surface area contributed by atoms with Crippen LogP contribution in [0.1, 0.15) is 18.1 Å². The minimum Gasteiger partial charge on any atom is -0.497 e. The lowest BCUT2D eigenvalue weighted by Crippen LogP contribution is -2.13. The summed E-state index contributed by atoms with van der Waals surface area (Å²) >= 11 is 2.07. The fraction of sp³-hybridized carbons (Fsp3) is 0.154. The summed E-state index contributed by atoms with van der Waals surface area (Å²) in [5.74, 6) is 0.979. The highest BCUT2D eigenvalue weighted by Crippen LogP contribution is 2.35. The summed E-state index contributed by atoms with van der Waals surface area (Å²) in [6, 6.07) is 18.3. The van der Waals surface area contributed by atoms with Crippen LogP contribution in [0, 0.1) is 25.0 Å². The molecule has 10 heteroatoms. The van der Waals surface area contributed by atoms with Crippen molar-refractivity contribution in [2.24, 2.45) is 0 Å². The molecule has 0 saturated carbocycles. The van der Waals surface area contributed by atoms with Gasteiger partial charge < -0.3 is 19.5 Å². The molecular weight excluding hydrogens is 577 g/mol. The van der Waals surface area contributed by atoms with Crippen molar-refractivity contribution >= 4 is 45.9 Å². The largest absolute Gasteiger partial charge is 0.497 e. The molecule has 0 unspecified atom stereocenters. The van der Waals surface area contributed by atoms with Gasteiger partial charge in [0.15, 0.2) is 11.5 Å². The molecule has 0 radical (unpaired) electrons. The van der Waals surface area contributed by atoms with Crippen molar-refractivity contribution in [3.05, 3.63) is 91.0 Å². The second-order valence-corrected chi connectivity index (χ2v) is 8.49. The molecule has 9 nitrogen and oxygen atoms in total. The van der Waals surface area contributed by atoms with Crippen molar-refractivity contribution in [1.29, 1.82) is 5.26 Å². The topological polar surface area (TPSA) is 124 Å². The Morgan fingerprint density at radius 2 is 1.92 bits per heavy atom. The van der Waals surface area contributed by atoms with Gasteiger partial charge in [-0.25, -0.2) is 0 Å². The zero-order valence-corrected chi connectivity index (χ0v) is 21.6. The molecular formula is C26H22IN3O6. The summed E-state index contributed by atoms with van der Waals surface area (Å²) in [6.45, 7) is 2.28. The molecule has 1 amide bonds. The van der Waals surface area contributed by atoms with E-state index in [-0.39, 0.29) is 17.9 Å². The van der Waals surface area contributed by atoms with E-state index >= 15 is 0 Å². The molecule has 36 heavy (non-hydrogen) atoms. The number of amides is 1. The second-order valence-electron chi connectivity index (χ2n) is 7.33. The molecule has 0 aromatic heterocycles. The Bertz CT molecular complexity index is 1330. The number of hydrogen-bond donors (Lipinski definition) is 1. The molecule has 3 aromatic carbocycles. The van der Waals surface area contributed by atoms with Gasteiger partial charge >= 0.3 is 0 Å². The molecule has 0 atom stereocenters. The Hall–Kier alpha value is -4.11. The quantitative estimate of drug-likeness (QED) is 0.104. The molecule has 0 fully saturated rings. The molecule has 184 valence electrons. The summed E-state index contributed by atoms with van der Waals surface area (Å²) in [6.07, 6.45) is 1.47. The predicted octanol–water partition coefficient (Wildman–Crippen LogP) is 5.73. The normalized spacial score (nSPS) is 10.8. The van der Waals surface area contributed by atoms with E-state index in [1.165, 1.54) is 18.2 Å². The van der Waals surface area contributed by atoms with E-state index < -0.39 is 10.8 Å². The van der Waals surface area contributed by atoms with Gasteiger partial charge in [-0.1, -0.05) is 12.1 Å². The summed E-state index contributed by atoms with van der Waals surface area (Å²) in [4.78, 5) is 23.2. The number of carbonyl (C=O) groups excluding carboxylic acids is 1. The molecule has 0 aliphatic heterocycles. The third kappa shape index (κ3) is 6.96. The maximum Gasteiger partial charge on any atom is 0.269 e. The van der Waals surface area contributed by atoms with Gasteiger partial charge in [0.25, 0.3) is 11.6 Å². The number of rotatable bonds is 10. The summed E-state index contributed by atoms with van der Waals surface area (Å²) in [5, 5.41) is 23.3. The lowest BCUT2D eigenvalue weighted by atomic mass is 10.1. The number of carbonyl (C=O) groups is 1. The highest BCUT2D eigenvalue weighted by molar-refractivity contribution is 14.1. The first kappa shape index (κ1) is 26.5. The SMILES string of the molecule is CCOc1cc(/C=C(\C#N)C(=O)Nc2ccc(OC)cc2)cc(I)c1OCc1cccc([N+](=O)[O-])c1. The number of nitrogens with one attached hydrogen (secondary N) is 1. The van der Waals surface area contributed by atoms with E-state index in [9.17, 15) is 20.2 Å². The average molecular weight is 599 g/mol.